The maximum atomic E-state index is 15.3. The minimum Gasteiger partial charge on any atom is -0.493 e. The highest BCUT2D eigenvalue weighted by Gasteiger charge is 2.54. The summed E-state index contributed by atoms with van der Waals surface area (Å²) in [5.41, 5.74) is 2.17. The van der Waals surface area contributed by atoms with E-state index >= 15 is 4.39 Å². The number of rotatable bonds is 14. The number of hydrogen-bond acceptors (Lipinski definition) is 8. The molecule has 2 aliphatic rings. The monoisotopic (exact) mass is 626 g/mol. The van der Waals surface area contributed by atoms with Gasteiger partial charge in [0, 0.05) is 50.1 Å². The molecule has 240 valence electrons. The number of morpholine rings is 1. The number of ether oxygens (including phenoxy) is 4. The number of pyridine rings is 1. The molecule has 0 atom stereocenters. The number of Topliss-reactive ketones (excluding diaryl/α,β-unsaturated/α-hetero) is 2. The van der Waals surface area contributed by atoms with Gasteiger partial charge in [-0.3, -0.25) is 19.5 Å². The second-order valence-electron chi connectivity index (χ2n) is 12.1. The largest absolute Gasteiger partial charge is 0.493 e. The first kappa shape index (κ1) is 31.6. The second kappa shape index (κ2) is 14.0. The Kier molecular flexibility index (Phi) is 9.61. The highest BCUT2D eigenvalue weighted by Crippen LogP contribution is 2.49. The van der Waals surface area contributed by atoms with Crippen LogP contribution in [0, 0.1) is 18.2 Å². The van der Waals surface area contributed by atoms with E-state index < -0.39 is 11.2 Å². The number of fused-ring (bicyclic) bond motifs is 1. The average molecular weight is 627 g/mol. The Labute approximate surface area is 268 Å². The smallest absolute Gasteiger partial charge is 0.166 e. The standard InChI is InChI=1S/C37H39FN2O6/c1-25-4-6-26(7-5-25)21-35(41)37(11-12-37)36(42)22-27-8-9-32(29(38)20-27)46-31-10-13-39-30-24-34(33(43-2)23-28(30)31)45-17-3-14-40-15-18-44-19-16-40/h4-10,13,20,23-24H,3,11-12,14-19,21-22H2,1-2H3. The van der Waals surface area contributed by atoms with Crippen LogP contribution in [0.5, 0.6) is 23.0 Å². The van der Waals surface area contributed by atoms with Crippen LogP contribution >= 0.6 is 0 Å². The Morgan fingerprint density at radius 1 is 0.891 bits per heavy atom. The third-order valence-electron chi connectivity index (χ3n) is 8.85. The lowest BCUT2D eigenvalue weighted by atomic mass is 9.87. The van der Waals surface area contributed by atoms with Gasteiger partial charge in [-0.25, -0.2) is 4.39 Å². The van der Waals surface area contributed by atoms with Crippen molar-refractivity contribution in [2.75, 3.05) is 46.6 Å². The van der Waals surface area contributed by atoms with Crippen LogP contribution < -0.4 is 14.2 Å². The molecule has 8 nitrogen and oxygen atoms in total. The molecule has 1 saturated carbocycles. The summed E-state index contributed by atoms with van der Waals surface area (Å²) in [4.78, 5) is 33.2. The zero-order valence-electron chi connectivity index (χ0n) is 26.4. The molecule has 0 spiro atoms. The molecule has 2 heterocycles. The molecule has 9 heteroatoms. The molecule has 1 aliphatic heterocycles. The van der Waals surface area contributed by atoms with E-state index in [1.165, 1.54) is 12.1 Å². The molecular formula is C37H39FN2O6. The van der Waals surface area contributed by atoms with Gasteiger partial charge >= 0.3 is 0 Å². The van der Waals surface area contributed by atoms with Crippen molar-refractivity contribution >= 4 is 22.5 Å². The Hall–Kier alpha value is -4.34. The van der Waals surface area contributed by atoms with Crippen molar-refractivity contribution in [2.45, 2.75) is 39.0 Å². The number of nitrogens with zero attached hydrogens (tertiary/aromatic N) is 2. The van der Waals surface area contributed by atoms with Crippen LogP contribution in [0.15, 0.2) is 66.9 Å². The fourth-order valence-electron chi connectivity index (χ4n) is 5.89. The Bertz CT molecular complexity index is 1710. The number of hydrogen-bond donors (Lipinski definition) is 0. The van der Waals surface area contributed by atoms with E-state index in [1.807, 2.05) is 31.2 Å². The molecule has 1 aromatic heterocycles. The van der Waals surface area contributed by atoms with Crippen LogP contribution in [0.4, 0.5) is 4.39 Å². The number of methoxy groups -OCH3 is 1. The van der Waals surface area contributed by atoms with Crippen molar-refractivity contribution in [2.24, 2.45) is 5.41 Å². The minimum atomic E-state index is -0.961. The van der Waals surface area contributed by atoms with E-state index in [0.717, 1.165) is 50.4 Å². The van der Waals surface area contributed by atoms with E-state index in [1.54, 1.807) is 37.6 Å². The number of aryl methyl sites for hydroxylation is 1. The topological polar surface area (TPSA) is 87.2 Å². The van der Waals surface area contributed by atoms with Crippen molar-refractivity contribution < 1.29 is 32.9 Å². The maximum Gasteiger partial charge on any atom is 0.166 e. The van der Waals surface area contributed by atoms with E-state index in [9.17, 15) is 9.59 Å². The molecule has 0 radical (unpaired) electrons. The van der Waals surface area contributed by atoms with Crippen LogP contribution in [-0.4, -0.2) is 68.0 Å². The van der Waals surface area contributed by atoms with Gasteiger partial charge in [-0.15, -0.1) is 0 Å². The summed E-state index contributed by atoms with van der Waals surface area (Å²) < 4.78 is 38.4. The number of aromatic nitrogens is 1. The summed E-state index contributed by atoms with van der Waals surface area (Å²) >= 11 is 0. The molecule has 1 saturated heterocycles. The van der Waals surface area contributed by atoms with Crippen molar-refractivity contribution in [3.63, 3.8) is 0 Å². The quantitative estimate of drug-likeness (QED) is 0.119. The second-order valence-corrected chi connectivity index (χ2v) is 12.1. The summed E-state index contributed by atoms with van der Waals surface area (Å²) in [7, 11) is 1.57. The van der Waals surface area contributed by atoms with Crippen LogP contribution in [0.25, 0.3) is 10.9 Å². The molecule has 0 N–H and O–H groups in total. The number of halogens is 1. The lowest BCUT2D eigenvalue weighted by Crippen LogP contribution is -2.37. The minimum absolute atomic E-state index is 0.0125. The summed E-state index contributed by atoms with van der Waals surface area (Å²) in [6.45, 7) is 6.85. The van der Waals surface area contributed by atoms with E-state index in [2.05, 4.69) is 9.88 Å². The van der Waals surface area contributed by atoms with Gasteiger partial charge in [-0.05, 0) is 61.6 Å². The van der Waals surface area contributed by atoms with E-state index in [4.69, 9.17) is 18.9 Å². The molecule has 0 amide bonds. The fraction of sp³-hybridized carbons (Fsp3) is 0.378. The van der Waals surface area contributed by atoms with Gasteiger partial charge in [0.2, 0.25) is 0 Å². The predicted molar refractivity (Wildman–Crippen MR) is 172 cm³/mol. The lowest BCUT2D eigenvalue weighted by Gasteiger charge is -2.26. The van der Waals surface area contributed by atoms with E-state index in [0.29, 0.717) is 53.2 Å². The van der Waals surface area contributed by atoms with Gasteiger partial charge in [0.1, 0.15) is 5.75 Å². The summed E-state index contributed by atoms with van der Waals surface area (Å²) in [5.74, 6) is 0.696. The third-order valence-corrected chi connectivity index (χ3v) is 8.85. The average Bonchev–Trinajstić information content (AvgIpc) is 3.88. The lowest BCUT2D eigenvalue weighted by molar-refractivity contribution is -0.133. The van der Waals surface area contributed by atoms with Crippen LogP contribution in [0.2, 0.25) is 0 Å². The van der Waals surface area contributed by atoms with Crippen LogP contribution in [0.3, 0.4) is 0 Å². The molecule has 2 fully saturated rings. The number of ketones is 2. The molecule has 6 rings (SSSR count). The molecule has 1 aliphatic carbocycles. The first-order valence-electron chi connectivity index (χ1n) is 15.8. The maximum absolute atomic E-state index is 15.3. The number of carbonyl (C=O) groups is 2. The van der Waals surface area contributed by atoms with Crippen LogP contribution in [0.1, 0.15) is 36.0 Å². The number of carbonyl (C=O) groups excluding carboxylic acids is 2. The Balaban J connectivity index is 1.10. The van der Waals surface area contributed by atoms with Gasteiger partial charge < -0.3 is 18.9 Å². The SMILES string of the molecule is COc1cc2c(Oc3ccc(CC(=O)C4(C(=O)Cc5ccc(C)cc5)CC4)cc3F)ccnc2cc1OCCCN1CCOCC1. The molecule has 3 aromatic carbocycles. The van der Waals surface area contributed by atoms with Gasteiger partial charge in [0.25, 0.3) is 0 Å². The molecule has 4 aromatic rings. The normalized spacial score (nSPS) is 15.8. The van der Waals surface area contributed by atoms with Crippen molar-refractivity contribution in [1.82, 2.24) is 9.88 Å². The van der Waals surface area contributed by atoms with Crippen molar-refractivity contribution in [3.8, 4) is 23.0 Å². The molecular weight excluding hydrogens is 587 g/mol. The van der Waals surface area contributed by atoms with Crippen molar-refractivity contribution in [3.05, 3.63) is 89.4 Å². The highest BCUT2D eigenvalue weighted by atomic mass is 19.1. The predicted octanol–water partition coefficient (Wildman–Crippen LogP) is 6.29. The fourth-order valence-corrected chi connectivity index (χ4v) is 5.89. The summed E-state index contributed by atoms with van der Waals surface area (Å²) in [6, 6.07) is 17.5. The van der Waals surface area contributed by atoms with Crippen molar-refractivity contribution in [1.29, 1.82) is 0 Å². The molecule has 0 unspecified atom stereocenters. The Morgan fingerprint density at radius 3 is 2.30 bits per heavy atom. The zero-order chi connectivity index (χ0) is 32.1. The van der Waals surface area contributed by atoms with Gasteiger partial charge in [-0.1, -0.05) is 35.9 Å². The summed E-state index contributed by atoms with van der Waals surface area (Å²) in [5, 5.41) is 0.640. The zero-order valence-corrected chi connectivity index (χ0v) is 26.4. The highest BCUT2D eigenvalue weighted by molar-refractivity contribution is 6.11. The third kappa shape index (κ3) is 7.21. The van der Waals surface area contributed by atoms with Gasteiger partial charge in [-0.2, -0.15) is 0 Å². The van der Waals surface area contributed by atoms with E-state index in [-0.39, 0.29) is 30.2 Å². The molecule has 0 bridgehead atoms. The first-order valence-corrected chi connectivity index (χ1v) is 15.8. The van der Waals surface area contributed by atoms with Gasteiger partial charge in [0.15, 0.2) is 34.6 Å². The van der Waals surface area contributed by atoms with Gasteiger partial charge in [0.05, 0.1) is 37.9 Å². The first-order chi connectivity index (χ1) is 22.3. The Morgan fingerprint density at radius 2 is 1.61 bits per heavy atom. The number of benzene rings is 3. The molecule has 46 heavy (non-hydrogen) atoms. The summed E-state index contributed by atoms with van der Waals surface area (Å²) in [6.07, 6.45) is 3.76. The van der Waals surface area contributed by atoms with Crippen LogP contribution in [-0.2, 0) is 27.2 Å².